The van der Waals surface area contributed by atoms with Crippen LogP contribution in [0.4, 0.5) is 4.79 Å². The van der Waals surface area contributed by atoms with E-state index in [1.54, 1.807) is 30.1 Å². The molecule has 0 aliphatic heterocycles. The summed E-state index contributed by atoms with van der Waals surface area (Å²) in [7, 11) is 1.77. The van der Waals surface area contributed by atoms with Gasteiger partial charge in [-0.1, -0.05) is 23.7 Å². The first kappa shape index (κ1) is 18.0. The third kappa shape index (κ3) is 7.66. The van der Waals surface area contributed by atoms with Crippen LogP contribution in [-0.4, -0.2) is 50.1 Å². The molecule has 0 spiro atoms. The second kappa shape index (κ2) is 9.81. The molecule has 1 aromatic carbocycles. The minimum Gasteiger partial charge on any atom is -0.492 e. The lowest BCUT2D eigenvalue weighted by atomic mass is 10.3. The number of ether oxygens (including phenoxy) is 1. The highest BCUT2D eigenvalue weighted by Crippen LogP contribution is 2.16. The van der Waals surface area contributed by atoms with Gasteiger partial charge in [0.25, 0.3) is 0 Å². The van der Waals surface area contributed by atoms with E-state index in [-0.39, 0.29) is 12.5 Å². The van der Waals surface area contributed by atoms with Crippen LogP contribution in [0, 0.1) is 0 Å². The van der Waals surface area contributed by atoms with Crippen molar-refractivity contribution in [3.05, 3.63) is 41.9 Å². The van der Waals surface area contributed by atoms with Gasteiger partial charge in [-0.2, -0.15) is 0 Å². The fourth-order valence-corrected chi connectivity index (χ4v) is 1.76. The molecule has 3 amide bonds. The molecule has 7 heteroatoms. The SMILES string of the molecule is C=CCNC(=O)NC(=O)CN(C)CCOc1cccc(Cl)c1. The van der Waals surface area contributed by atoms with Crippen molar-refractivity contribution < 1.29 is 14.3 Å². The Morgan fingerprint density at radius 3 is 2.91 bits per heavy atom. The molecule has 6 nitrogen and oxygen atoms in total. The maximum atomic E-state index is 11.6. The Labute approximate surface area is 135 Å². The van der Waals surface area contributed by atoms with Crippen molar-refractivity contribution >= 4 is 23.5 Å². The largest absolute Gasteiger partial charge is 0.492 e. The van der Waals surface area contributed by atoms with Crippen LogP contribution in [0.5, 0.6) is 5.75 Å². The van der Waals surface area contributed by atoms with Gasteiger partial charge in [0.15, 0.2) is 0 Å². The molecule has 0 saturated carbocycles. The van der Waals surface area contributed by atoms with E-state index in [2.05, 4.69) is 17.2 Å². The second-order valence-corrected chi connectivity index (χ2v) is 5.03. The number of likely N-dealkylation sites (N-methyl/N-ethyl adjacent to an activating group) is 1. The molecule has 0 aliphatic carbocycles. The molecule has 1 aromatic rings. The van der Waals surface area contributed by atoms with Gasteiger partial charge in [-0.3, -0.25) is 15.0 Å². The number of rotatable bonds is 8. The van der Waals surface area contributed by atoms with Crippen LogP contribution in [0.15, 0.2) is 36.9 Å². The Kier molecular flexibility index (Phi) is 8.03. The van der Waals surface area contributed by atoms with Crippen molar-refractivity contribution in [2.45, 2.75) is 0 Å². The number of hydrogen-bond acceptors (Lipinski definition) is 4. The van der Waals surface area contributed by atoms with Crippen LogP contribution in [0.2, 0.25) is 5.02 Å². The second-order valence-electron chi connectivity index (χ2n) is 4.59. The summed E-state index contributed by atoms with van der Waals surface area (Å²) in [5.41, 5.74) is 0. The van der Waals surface area contributed by atoms with E-state index in [4.69, 9.17) is 16.3 Å². The lowest BCUT2D eigenvalue weighted by Gasteiger charge is -2.16. The van der Waals surface area contributed by atoms with E-state index in [1.165, 1.54) is 6.08 Å². The lowest BCUT2D eigenvalue weighted by Crippen LogP contribution is -2.44. The van der Waals surface area contributed by atoms with Crippen molar-refractivity contribution in [2.24, 2.45) is 0 Å². The molecule has 0 bridgehead atoms. The van der Waals surface area contributed by atoms with E-state index in [0.29, 0.717) is 30.5 Å². The van der Waals surface area contributed by atoms with E-state index in [0.717, 1.165) is 0 Å². The van der Waals surface area contributed by atoms with Gasteiger partial charge in [0.2, 0.25) is 5.91 Å². The molecule has 22 heavy (non-hydrogen) atoms. The number of imide groups is 1. The average Bonchev–Trinajstić information content (AvgIpc) is 2.45. The van der Waals surface area contributed by atoms with Crippen molar-refractivity contribution in [1.82, 2.24) is 15.5 Å². The summed E-state index contributed by atoms with van der Waals surface area (Å²) in [6.07, 6.45) is 1.53. The van der Waals surface area contributed by atoms with Gasteiger partial charge in [-0.15, -0.1) is 6.58 Å². The molecular weight excluding hydrogens is 306 g/mol. The summed E-state index contributed by atoms with van der Waals surface area (Å²) in [6, 6.07) is 6.56. The van der Waals surface area contributed by atoms with Crippen LogP contribution in [0.3, 0.4) is 0 Å². The molecule has 120 valence electrons. The zero-order valence-electron chi connectivity index (χ0n) is 12.5. The topological polar surface area (TPSA) is 70.7 Å². The molecule has 0 atom stereocenters. The Morgan fingerprint density at radius 2 is 2.23 bits per heavy atom. The minimum absolute atomic E-state index is 0.0976. The standard InChI is InChI=1S/C15H20ClN3O3/c1-3-7-17-15(21)18-14(20)11-19(2)8-9-22-13-6-4-5-12(16)10-13/h3-6,10H,1,7-9,11H2,2H3,(H2,17,18,20,21). The number of carbonyl (C=O) groups is 2. The summed E-state index contributed by atoms with van der Waals surface area (Å²) >= 11 is 5.85. The summed E-state index contributed by atoms with van der Waals surface area (Å²) in [5, 5.41) is 5.29. The lowest BCUT2D eigenvalue weighted by molar-refractivity contribution is -0.120. The minimum atomic E-state index is -0.534. The van der Waals surface area contributed by atoms with E-state index >= 15 is 0 Å². The van der Waals surface area contributed by atoms with Crippen LogP contribution < -0.4 is 15.4 Å². The van der Waals surface area contributed by atoms with Gasteiger partial charge in [0, 0.05) is 18.1 Å². The predicted octanol–water partition coefficient (Wildman–Crippen LogP) is 1.66. The number of amides is 3. The predicted molar refractivity (Wildman–Crippen MR) is 86.2 cm³/mol. The molecule has 0 unspecified atom stereocenters. The third-order valence-corrected chi connectivity index (χ3v) is 2.85. The quantitative estimate of drug-likeness (QED) is 0.713. The van der Waals surface area contributed by atoms with Gasteiger partial charge >= 0.3 is 6.03 Å². The first-order chi connectivity index (χ1) is 10.5. The first-order valence-electron chi connectivity index (χ1n) is 6.76. The number of nitrogens with one attached hydrogen (secondary N) is 2. The molecule has 0 heterocycles. The Balaban J connectivity index is 2.22. The summed E-state index contributed by atoms with van der Waals surface area (Å²) in [4.78, 5) is 24.6. The Bertz CT molecular complexity index is 523. The van der Waals surface area contributed by atoms with Crippen molar-refractivity contribution in [3.63, 3.8) is 0 Å². The smallest absolute Gasteiger partial charge is 0.321 e. The molecule has 0 aromatic heterocycles. The normalized spacial score (nSPS) is 10.1. The number of hydrogen-bond donors (Lipinski definition) is 2. The molecule has 1 rings (SSSR count). The zero-order valence-corrected chi connectivity index (χ0v) is 13.2. The average molecular weight is 326 g/mol. The Morgan fingerprint density at radius 1 is 1.45 bits per heavy atom. The first-order valence-corrected chi connectivity index (χ1v) is 7.14. The van der Waals surface area contributed by atoms with E-state index < -0.39 is 6.03 Å². The van der Waals surface area contributed by atoms with Gasteiger partial charge in [0.1, 0.15) is 12.4 Å². The monoisotopic (exact) mass is 325 g/mol. The number of halogens is 1. The highest BCUT2D eigenvalue weighted by molar-refractivity contribution is 6.30. The maximum absolute atomic E-state index is 11.6. The third-order valence-electron chi connectivity index (χ3n) is 2.61. The maximum Gasteiger partial charge on any atom is 0.321 e. The van der Waals surface area contributed by atoms with Crippen LogP contribution >= 0.6 is 11.6 Å². The highest BCUT2D eigenvalue weighted by Gasteiger charge is 2.09. The molecule has 0 fully saturated rings. The van der Waals surface area contributed by atoms with Crippen molar-refractivity contribution in [2.75, 3.05) is 33.3 Å². The molecule has 0 saturated heterocycles. The highest BCUT2D eigenvalue weighted by atomic mass is 35.5. The number of benzene rings is 1. The molecular formula is C15H20ClN3O3. The number of urea groups is 1. The van der Waals surface area contributed by atoms with Crippen molar-refractivity contribution in [1.29, 1.82) is 0 Å². The van der Waals surface area contributed by atoms with Gasteiger partial charge in [-0.05, 0) is 25.2 Å². The van der Waals surface area contributed by atoms with Gasteiger partial charge in [0.05, 0.1) is 6.54 Å². The summed E-state index contributed by atoms with van der Waals surface area (Å²) in [6.45, 7) is 4.82. The summed E-state index contributed by atoms with van der Waals surface area (Å²) < 4.78 is 5.53. The van der Waals surface area contributed by atoms with E-state index in [9.17, 15) is 9.59 Å². The summed E-state index contributed by atoms with van der Waals surface area (Å²) in [5.74, 6) is 0.293. The molecule has 0 aliphatic rings. The van der Waals surface area contributed by atoms with E-state index in [1.807, 2.05) is 6.07 Å². The fourth-order valence-electron chi connectivity index (χ4n) is 1.58. The number of nitrogens with zero attached hydrogens (tertiary/aromatic N) is 1. The molecule has 2 N–H and O–H groups in total. The Hall–Kier alpha value is -2.05. The molecule has 0 radical (unpaired) electrons. The number of carbonyl (C=O) groups excluding carboxylic acids is 2. The van der Waals surface area contributed by atoms with Crippen LogP contribution in [0.1, 0.15) is 0 Å². The zero-order chi connectivity index (χ0) is 16.4. The van der Waals surface area contributed by atoms with Gasteiger partial charge in [-0.25, -0.2) is 4.79 Å². The fraction of sp³-hybridized carbons (Fsp3) is 0.333. The van der Waals surface area contributed by atoms with Crippen molar-refractivity contribution in [3.8, 4) is 5.75 Å². The van der Waals surface area contributed by atoms with Crippen LogP contribution in [0.25, 0.3) is 0 Å². The van der Waals surface area contributed by atoms with Crippen LogP contribution in [-0.2, 0) is 4.79 Å². The van der Waals surface area contributed by atoms with Gasteiger partial charge < -0.3 is 10.1 Å².